The topological polar surface area (TPSA) is 114 Å². The third kappa shape index (κ3) is 6.13. The first kappa shape index (κ1) is 26.1. The molecule has 1 aromatic rings. The van der Waals surface area contributed by atoms with Gasteiger partial charge in [-0.15, -0.1) is 0 Å². The van der Waals surface area contributed by atoms with Crippen LogP contribution in [0.3, 0.4) is 0 Å². The molecule has 0 bridgehead atoms. The molecule has 4 N–H and O–H groups in total. The molecule has 1 aliphatic carbocycles. The first-order valence-corrected chi connectivity index (χ1v) is 11.5. The van der Waals surface area contributed by atoms with Gasteiger partial charge in [-0.2, -0.15) is 0 Å². The second kappa shape index (κ2) is 11.8. The Bertz CT molecular complexity index is 1310. The summed E-state index contributed by atoms with van der Waals surface area (Å²) >= 11 is 0. The van der Waals surface area contributed by atoms with Gasteiger partial charge >= 0.3 is 0 Å². The lowest BCUT2D eigenvalue weighted by atomic mass is 9.88. The molecule has 1 heterocycles. The van der Waals surface area contributed by atoms with E-state index in [1.54, 1.807) is 24.3 Å². The number of aliphatic imine (C=N–C) groups is 1. The zero-order valence-corrected chi connectivity index (χ0v) is 20.5. The molecule has 0 saturated carbocycles. The number of carbonyl (C=O) groups excluding carboxylic acids is 3. The lowest BCUT2D eigenvalue weighted by molar-refractivity contribution is -0.114. The van der Waals surface area contributed by atoms with Gasteiger partial charge in [0.2, 0.25) is 0 Å². The van der Waals surface area contributed by atoms with Crippen molar-refractivity contribution < 1.29 is 14.4 Å². The number of hydrogen-bond donors (Lipinski definition) is 3. The van der Waals surface area contributed by atoms with Crippen LogP contribution in [0.4, 0.5) is 5.69 Å². The smallest absolute Gasteiger partial charge is 0.255 e. The number of nitrogens with one attached hydrogen (secondary N) is 2. The van der Waals surface area contributed by atoms with E-state index in [2.05, 4.69) is 28.8 Å². The Balaban J connectivity index is 1.80. The summed E-state index contributed by atoms with van der Waals surface area (Å²) in [7, 11) is 0. The normalized spacial score (nSPS) is 17.0. The van der Waals surface area contributed by atoms with Gasteiger partial charge < -0.3 is 16.4 Å². The highest BCUT2D eigenvalue weighted by molar-refractivity contribution is 6.12. The molecule has 7 heteroatoms. The maximum Gasteiger partial charge on any atom is 0.255 e. The zero-order chi connectivity index (χ0) is 26.2. The summed E-state index contributed by atoms with van der Waals surface area (Å²) in [6, 6.07) is 7.35. The fourth-order valence-electron chi connectivity index (χ4n) is 3.96. The van der Waals surface area contributed by atoms with Crippen molar-refractivity contribution in [3.63, 3.8) is 0 Å². The maximum absolute atomic E-state index is 12.7. The van der Waals surface area contributed by atoms with Crippen LogP contribution in [0.25, 0.3) is 0 Å². The third-order valence-corrected chi connectivity index (χ3v) is 5.81. The number of benzene rings is 1. The number of ketones is 2. The van der Waals surface area contributed by atoms with E-state index in [1.165, 1.54) is 24.4 Å². The number of anilines is 1. The monoisotopic (exact) mass is 482 g/mol. The van der Waals surface area contributed by atoms with Crippen molar-refractivity contribution in [1.29, 1.82) is 0 Å². The van der Waals surface area contributed by atoms with Crippen LogP contribution in [-0.4, -0.2) is 29.9 Å². The lowest BCUT2D eigenvalue weighted by Gasteiger charge is -2.25. The predicted octanol–water partition coefficient (Wildman–Crippen LogP) is 4.17. The molecule has 1 aromatic carbocycles. The molecule has 184 valence electrons. The number of amides is 1. The van der Waals surface area contributed by atoms with E-state index >= 15 is 0 Å². The number of nitrogens with two attached hydrogens (primary N) is 1. The van der Waals surface area contributed by atoms with E-state index in [4.69, 9.17) is 5.73 Å². The van der Waals surface area contributed by atoms with Gasteiger partial charge in [0.05, 0.1) is 12.6 Å². The molecule has 0 radical (unpaired) electrons. The van der Waals surface area contributed by atoms with Crippen molar-refractivity contribution in [3.05, 3.63) is 114 Å². The minimum Gasteiger partial charge on any atom is -0.404 e. The summed E-state index contributed by atoms with van der Waals surface area (Å²) in [5.41, 5.74) is 10.2. The molecule has 3 rings (SSSR count). The molecule has 0 saturated heterocycles. The number of nitrogens with zero attached hydrogens (tertiary/aromatic N) is 1. The standard InChI is InChI=1S/C29H30N4O3/c1-5-7-25(26(35)14-15-30)27-18(2)17-31-28(19(27)3)32-20(4)22-8-6-9-23(16-22)33-29(36)21-10-12-24(34)13-11-21/h5-12,14-16,20H,1-2,13,17,30H2,3-4H3,(H,31,32)(H,33,36). The zero-order valence-electron chi connectivity index (χ0n) is 20.5. The molecule has 0 aromatic heterocycles. The average Bonchev–Trinajstić information content (AvgIpc) is 2.86. The highest BCUT2D eigenvalue weighted by Gasteiger charge is 2.24. The SMILES string of the molecule is C=CC=C(C(=O)C=CN)C1=C(C)C(NC(C)c2cccc(NC(=O)C3=CCC(=O)C=C3)c2)=NCC1=C. The molecule has 0 spiro atoms. The molecule has 1 unspecified atom stereocenters. The Hall–Kier alpha value is -4.52. The van der Waals surface area contributed by atoms with Crippen LogP contribution in [0.1, 0.15) is 31.9 Å². The molecule has 7 nitrogen and oxygen atoms in total. The Labute approximate surface area is 211 Å². The fraction of sp³-hybridized carbons (Fsp3) is 0.172. The number of amidine groups is 1. The number of rotatable bonds is 8. The van der Waals surface area contributed by atoms with E-state index in [-0.39, 0.29) is 29.9 Å². The van der Waals surface area contributed by atoms with Gasteiger partial charge in [-0.25, -0.2) is 0 Å². The van der Waals surface area contributed by atoms with Gasteiger partial charge in [0.25, 0.3) is 5.91 Å². The Morgan fingerprint density at radius 3 is 2.69 bits per heavy atom. The maximum atomic E-state index is 12.7. The first-order chi connectivity index (χ1) is 17.2. The van der Waals surface area contributed by atoms with Crippen molar-refractivity contribution in [1.82, 2.24) is 5.32 Å². The van der Waals surface area contributed by atoms with Gasteiger partial charge in [-0.05, 0) is 66.6 Å². The minimum absolute atomic E-state index is 0.0255. The van der Waals surface area contributed by atoms with Crippen molar-refractivity contribution in [2.45, 2.75) is 26.3 Å². The largest absolute Gasteiger partial charge is 0.404 e. The van der Waals surface area contributed by atoms with Gasteiger partial charge in [-0.3, -0.25) is 19.4 Å². The Morgan fingerprint density at radius 2 is 2.03 bits per heavy atom. The van der Waals surface area contributed by atoms with Crippen LogP contribution >= 0.6 is 0 Å². The third-order valence-electron chi connectivity index (χ3n) is 5.81. The predicted molar refractivity (Wildman–Crippen MR) is 144 cm³/mol. The summed E-state index contributed by atoms with van der Waals surface area (Å²) in [5, 5.41) is 6.30. The van der Waals surface area contributed by atoms with Crippen LogP contribution in [0, 0.1) is 0 Å². The lowest BCUT2D eigenvalue weighted by Crippen LogP contribution is -2.31. The average molecular weight is 483 g/mol. The summed E-state index contributed by atoms with van der Waals surface area (Å²) < 4.78 is 0. The Morgan fingerprint density at radius 1 is 1.25 bits per heavy atom. The summed E-state index contributed by atoms with van der Waals surface area (Å²) in [5.74, 6) is 0.120. The minimum atomic E-state index is -0.271. The summed E-state index contributed by atoms with van der Waals surface area (Å²) in [4.78, 5) is 41.2. The number of allylic oxidation sites excluding steroid dienone is 6. The van der Waals surface area contributed by atoms with Crippen LogP contribution in [0.5, 0.6) is 0 Å². The second-order valence-corrected chi connectivity index (χ2v) is 8.42. The molecule has 1 aliphatic heterocycles. The molecule has 0 fully saturated rings. The van der Waals surface area contributed by atoms with E-state index in [0.29, 0.717) is 29.2 Å². The van der Waals surface area contributed by atoms with Crippen LogP contribution in [-0.2, 0) is 14.4 Å². The van der Waals surface area contributed by atoms with Gasteiger partial charge in [0, 0.05) is 29.3 Å². The second-order valence-electron chi connectivity index (χ2n) is 8.42. The highest BCUT2D eigenvalue weighted by atomic mass is 16.2. The van der Waals surface area contributed by atoms with Crippen molar-refractivity contribution >= 4 is 29.0 Å². The van der Waals surface area contributed by atoms with Crippen LogP contribution < -0.4 is 16.4 Å². The summed E-state index contributed by atoms with van der Waals surface area (Å²) in [6.45, 7) is 12.0. The van der Waals surface area contributed by atoms with E-state index < -0.39 is 0 Å². The van der Waals surface area contributed by atoms with Crippen LogP contribution in [0.2, 0.25) is 0 Å². The Kier molecular flexibility index (Phi) is 8.52. The molecule has 1 amide bonds. The van der Waals surface area contributed by atoms with E-state index in [9.17, 15) is 14.4 Å². The van der Waals surface area contributed by atoms with Crippen LogP contribution in [0.15, 0.2) is 113 Å². The van der Waals surface area contributed by atoms with Gasteiger partial charge in [0.15, 0.2) is 11.6 Å². The van der Waals surface area contributed by atoms with Gasteiger partial charge in [-0.1, -0.05) is 43.5 Å². The molecule has 36 heavy (non-hydrogen) atoms. The number of hydrogen-bond acceptors (Lipinski definition) is 6. The molecule has 2 aliphatic rings. The molecular formula is C29H30N4O3. The van der Waals surface area contributed by atoms with Crippen molar-refractivity contribution in [2.24, 2.45) is 10.7 Å². The van der Waals surface area contributed by atoms with E-state index in [1.807, 2.05) is 32.0 Å². The van der Waals surface area contributed by atoms with Crippen molar-refractivity contribution in [3.8, 4) is 0 Å². The first-order valence-electron chi connectivity index (χ1n) is 11.5. The van der Waals surface area contributed by atoms with E-state index in [0.717, 1.165) is 22.3 Å². The molecule has 1 atom stereocenters. The number of carbonyl (C=O) groups is 3. The highest BCUT2D eigenvalue weighted by Crippen LogP contribution is 2.29. The quantitative estimate of drug-likeness (QED) is 0.380. The summed E-state index contributed by atoms with van der Waals surface area (Å²) in [6.07, 6.45) is 10.5. The van der Waals surface area contributed by atoms with Gasteiger partial charge in [0.1, 0.15) is 5.84 Å². The number of dihydropyridines is 1. The van der Waals surface area contributed by atoms with Crippen molar-refractivity contribution in [2.75, 3.05) is 11.9 Å². The fourth-order valence-corrected chi connectivity index (χ4v) is 3.96. The molecular weight excluding hydrogens is 452 g/mol.